The fraction of sp³-hybridized carbons (Fsp3) is 0.652. The van der Waals surface area contributed by atoms with Crippen LogP contribution in [0.25, 0.3) is 0 Å². The highest BCUT2D eigenvalue weighted by molar-refractivity contribution is 7.12. The molecule has 2 aliphatic rings. The van der Waals surface area contributed by atoms with E-state index in [9.17, 15) is 10.2 Å². The van der Waals surface area contributed by atoms with Crippen molar-refractivity contribution in [3.05, 3.63) is 39.3 Å². The van der Waals surface area contributed by atoms with E-state index in [1.54, 1.807) is 6.92 Å². The summed E-state index contributed by atoms with van der Waals surface area (Å²) >= 11 is 1.97. The van der Waals surface area contributed by atoms with Gasteiger partial charge in [-0.1, -0.05) is 6.92 Å². The van der Waals surface area contributed by atoms with Crippen LogP contribution in [-0.4, -0.2) is 63.0 Å². The van der Waals surface area contributed by atoms with Crippen LogP contribution in [0.15, 0.2) is 18.5 Å². The van der Waals surface area contributed by atoms with Gasteiger partial charge in [0.15, 0.2) is 0 Å². The van der Waals surface area contributed by atoms with E-state index in [0.717, 1.165) is 50.9 Å². The standard InChI is InChI=1S/C23H34N4O3S/c1-4-18-9-19-21(31-18)5-8-30-23(19)6-7-27(15(2)10-23)13-17-11-24-22(25-12-17)26-20(14-28)16(3)29/h9,11-12,15-16,20,28-29H,4-8,10,13-14H2,1-3H3,(H,24,25,26)/t15-,16+,20-,23+/m0/s1. The number of piperidine rings is 1. The zero-order valence-electron chi connectivity index (χ0n) is 18.7. The summed E-state index contributed by atoms with van der Waals surface area (Å²) in [5.41, 5.74) is 2.38. The maximum Gasteiger partial charge on any atom is 0.222 e. The van der Waals surface area contributed by atoms with Crippen molar-refractivity contribution in [2.24, 2.45) is 0 Å². The topological polar surface area (TPSA) is 90.7 Å². The zero-order chi connectivity index (χ0) is 22.0. The van der Waals surface area contributed by atoms with Crippen LogP contribution in [0, 0.1) is 0 Å². The van der Waals surface area contributed by atoms with Crippen molar-refractivity contribution < 1.29 is 14.9 Å². The van der Waals surface area contributed by atoms with Gasteiger partial charge in [0.2, 0.25) is 5.95 Å². The van der Waals surface area contributed by atoms with Crippen molar-refractivity contribution in [3.63, 3.8) is 0 Å². The maximum absolute atomic E-state index is 9.66. The molecule has 0 aromatic carbocycles. The number of anilines is 1. The Morgan fingerprint density at radius 2 is 2.16 bits per heavy atom. The molecule has 2 aromatic rings. The first-order chi connectivity index (χ1) is 14.9. The summed E-state index contributed by atoms with van der Waals surface area (Å²) in [6, 6.07) is 2.32. The summed E-state index contributed by atoms with van der Waals surface area (Å²) in [5.74, 6) is 0.418. The first-order valence-corrected chi connectivity index (χ1v) is 12.1. The van der Waals surface area contributed by atoms with Crippen LogP contribution in [0.4, 0.5) is 5.95 Å². The molecular weight excluding hydrogens is 412 g/mol. The number of aliphatic hydroxyl groups excluding tert-OH is 2. The number of fused-ring (bicyclic) bond motifs is 2. The fourth-order valence-corrected chi connectivity index (χ4v) is 5.92. The number of likely N-dealkylation sites (tertiary alicyclic amines) is 1. The third-order valence-corrected chi connectivity index (χ3v) is 7.98. The molecule has 0 amide bonds. The number of hydrogen-bond donors (Lipinski definition) is 3. The molecule has 0 unspecified atom stereocenters. The third kappa shape index (κ3) is 4.78. The summed E-state index contributed by atoms with van der Waals surface area (Å²) in [6.07, 6.45) is 7.12. The quantitative estimate of drug-likeness (QED) is 0.602. The van der Waals surface area contributed by atoms with E-state index in [4.69, 9.17) is 4.74 Å². The van der Waals surface area contributed by atoms with E-state index in [1.165, 1.54) is 15.3 Å². The molecule has 0 radical (unpaired) electrons. The highest BCUT2D eigenvalue weighted by Gasteiger charge is 2.44. The van der Waals surface area contributed by atoms with Crippen LogP contribution < -0.4 is 5.32 Å². The van der Waals surface area contributed by atoms with Crippen molar-refractivity contribution in [3.8, 4) is 0 Å². The molecule has 4 rings (SSSR count). The number of rotatable bonds is 7. The first-order valence-electron chi connectivity index (χ1n) is 11.3. The second kappa shape index (κ2) is 9.50. The van der Waals surface area contributed by atoms with Crippen LogP contribution in [0.5, 0.6) is 0 Å². The largest absolute Gasteiger partial charge is 0.394 e. The van der Waals surface area contributed by atoms with Gasteiger partial charge in [0.25, 0.3) is 0 Å². The lowest BCUT2D eigenvalue weighted by atomic mass is 9.79. The summed E-state index contributed by atoms with van der Waals surface area (Å²) in [7, 11) is 0. The van der Waals surface area contributed by atoms with Crippen molar-refractivity contribution in [1.82, 2.24) is 14.9 Å². The van der Waals surface area contributed by atoms with Crippen molar-refractivity contribution in [1.29, 1.82) is 0 Å². The van der Waals surface area contributed by atoms with Gasteiger partial charge in [0.05, 0.1) is 31.0 Å². The molecule has 2 aliphatic heterocycles. The van der Waals surface area contributed by atoms with Gasteiger partial charge in [-0.2, -0.15) is 0 Å². The molecule has 4 heterocycles. The molecular formula is C23H34N4O3S. The van der Waals surface area contributed by atoms with Crippen molar-refractivity contribution in [2.45, 2.75) is 76.8 Å². The molecule has 4 atom stereocenters. The van der Waals surface area contributed by atoms with E-state index < -0.39 is 12.1 Å². The molecule has 1 fully saturated rings. The van der Waals surface area contributed by atoms with Gasteiger partial charge in [-0.3, -0.25) is 4.90 Å². The van der Waals surface area contributed by atoms with Crippen LogP contribution >= 0.6 is 11.3 Å². The van der Waals surface area contributed by atoms with Crippen LogP contribution in [0.1, 0.15) is 54.5 Å². The molecule has 0 saturated carbocycles. The van der Waals surface area contributed by atoms with Gasteiger partial charge in [-0.15, -0.1) is 11.3 Å². The lowest BCUT2D eigenvalue weighted by molar-refractivity contribution is -0.112. The molecule has 170 valence electrons. The minimum absolute atomic E-state index is 0.127. The van der Waals surface area contributed by atoms with Gasteiger partial charge < -0.3 is 20.3 Å². The number of nitrogens with one attached hydrogen (secondary N) is 1. The molecule has 8 heteroatoms. The van der Waals surface area contributed by atoms with Crippen LogP contribution in [-0.2, 0) is 29.7 Å². The van der Waals surface area contributed by atoms with E-state index in [-0.39, 0.29) is 12.2 Å². The lowest BCUT2D eigenvalue weighted by Gasteiger charge is -2.47. The number of hydrogen-bond acceptors (Lipinski definition) is 8. The highest BCUT2D eigenvalue weighted by atomic mass is 32.1. The number of ether oxygens (including phenoxy) is 1. The summed E-state index contributed by atoms with van der Waals surface area (Å²) in [6.45, 7) is 8.58. The molecule has 0 aliphatic carbocycles. The second-order valence-electron chi connectivity index (χ2n) is 8.86. The predicted molar refractivity (Wildman–Crippen MR) is 122 cm³/mol. The number of thiophene rings is 1. The number of nitrogens with zero attached hydrogens (tertiary/aromatic N) is 3. The van der Waals surface area contributed by atoms with Gasteiger partial charge in [-0.25, -0.2) is 9.97 Å². The Bertz CT molecular complexity index is 872. The molecule has 7 nitrogen and oxygen atoms in total. The van der Waals surface area contributed by atoms with Gasteiger partial charge in [0, 0.05) is 53.3 Å². The molecule has 3 N–H and O–H groups in total. The Kier molecular flexibility index (Phi) is 6.93. The number of aliphatic hydroxyl groups is 2. The predicted octanol–water partition coefficient (Wildman–Crippen LogP) is 2.71. The average molecular weight is 447 g/mol. The summed E-state index contributed by atoms with van der Waals surface area (Å²) in [4.78, 5) is 14.2. The number of aryl methyl sites for hydroxylation is 1. The molecule has 1 spiro atoms. The maximum atomic E-state index is 9.66. The van der Waals surface area contributed by atoms with E-state index in [1.807, 2.05) is 23.7 Å². The van der Waals surface area contributed by atoms with Crippen molar-refractivity contribution >= 4 is 17.3 Å². The molecule has 2 aromatic heterocycles. The minimum Gasteiger partial charge on any atom is -0.394 e. The summed E-state index contributed by atoms with van der Waals surface area (Å²) in [5, 5.41) is 22.0. The van der Waals surface area contributed by atoms with E-state index >= 15 is 0 Å². The van der Waals surface area contributed by atoms with Crippen LogP contribution in [0.3, 0.4) is 0 Å². The summed E-state index contributed by atoms with van der Waals surface area (Å²) < 4.78 is 6.45. The molecule has 1 saturated heterocycles. The average Bonchev–Trinajstić information content (AvgIpc) is 3.20. The van der Waals surface area contributed by atoms with Gasteiger partial charge in [-0.05, 0) is 44.7 Å². The normalized spacial score (nSPS) is 25.9. The van der Waals surface area contributed by atoms with Crippen LogP contribution in [0.2, 0.25) is 0 Å². The monoisotopic (exact) mass is 446 g/mol. The van der Waals surface area contributed by atoms with Gasteiger partial charge in [0.1, 0.15) is 0 Å². The number of aromatic nitrogens is 2. The lowest BCUT2D eigenvalue weighted by Crippen LogP contribution is -2.50. The van der Waals surface area contributed by atoms with Gasteiger partial charge >= 0.3 is 0 Å². The third-order valence-electron chi connectivity index (χ3n) is 6.64. The Morgan fingerprint density at radius 3 is 2.81 bits per heavy atom. The SMILES string of the molecule is CCc1cc2c(s1)CCO[C@@]21CCN(Cc2cnc(N[C@@H](CO)[C@@H](C)O)nc2)[C@@H](C)C1. The Morgan fingerprint density at radius 1 is 1.39 bits per heavy atom. The van der Waals surface area contributed by atoms with E-state index in [0.29, 0.717) is 12.0 Å². The Labute approximate surface area is 188 Å². The molecule has 0 bridgehead atoms. The smallest absolute Gasteiger partial charge is 0.222 e. The zero-order valence-corrected chi connectivity index (χ0v) is 19.5. The Balaban J connectivity index is 1.40. The molecule has 31 heavy (non-hydrogen) atoms. The second-order valence-corrected chi connectivity index (χ2v) is 10.1. The Hall–Kier alpha value is -1.58. The van der Waals surface area contributed by atoms with Crippen molar-refractivity contribution in [2.75, 3.05) is 25.1 Å². The highest BCUT2D eigenvalue weighted by Crippen LogP contribution is 2.46. The fourth-order valence-electron chi connectivity index (χ4n) is 4.74. The minimum atomic E-state index is -0.686. The van der Waals surface area contributed by atoms with E-state index in [2.05, 4.69) is 40.1 Å². The first kappa shape index (κ1) is 22.6.